The van der Waals surface area contributed by atoms with Crippen LogP contribution in [0.15, 0.2) is 35.1 Å². The molecule has 0 atom stereocenters. The molecule has 0 fully saturated rings. The molecule has 2 aromatic rings. The van der Waals surface area contributed by atoms with E-state index in [1.165, 1.54) is 6.07 Å². The molecule has 1 amide bonds. The van der Waals surface area contributed by atoms with Gasteiger partial charge in [0.15, 0.2) is 0 Å². The van der Waals surface area contributed by atoms with Crippen LogP contribution >= 0.6 is 11.6 Å². The molecule has 23 heavy (non-hydrogen) atoms. The molecular formula is C14H11ClF3N3O2. The summed E-state index contributed by atoms with van der Waals surface area (Å²) in [5.74, 6) is -0.416. The number of rotatable bonds is 3. The molecule has 0 radical (unpaired) electrons. The highest BCUT2D eigenvalue weighted by molar-refractivity contribution is 6.29. The minimum Gasteiger partial charge on any atom is -0.324 e. The van der Waals surface area contributed by atoms with Gasteiger partial charge in [-0.05, 0) is 24.3 Å². The lowest BCUT2D eigenvalue weighted by atomic mass is 10.1. The fourth-order valence-corrected chi connectivity index (χ4v) is 1.93. The number of hydrogen-bond acceptors (Lipinski definition) is 3. The fourth-order valence-electron chi connectivity index (χ4n) is 1.79. The van der Waals surface area contributed by atoms with Crippen molar-refractivity contribution in [3.05, 3.63) is 51.4 Å². The predicted octanol–water partition coefficient (Wildman–Crippen LogP) is 3.25. The molecule has 1 N–H and O–H groups in total. The summed E-state index contributed by atoms with van der Waals surface area (Å²) in [6, 6.07) is 4.90. The summed E-state index contributed by atoms with van der Waals surface area (Å²) in [4.78, 5) is 23.4. The van der Waals surface area contributed by atoms with E-state index in [-0.39, 0.29) is 22.9 Å². The van der Waals surface area contributed by atoms with Gasteiger partial charge in [0.05, 0.1) is 16.9 Å². The lowest BCUT2D eigenvalue weighted by molar-refractivity contribution is -0.137. The summed E-state index contributed by atoms with van der Waals surface area (Å²) < 4.78 is 39.4. The molecule has 0 saturated heterocycles. The monoisotopic (exact) mass is 345 g/mol. The fraction of sp³-hybridized carbons (Fsp3) is 0.214. The van der Waals surface area contributed by atoms with Gasteiger partial charge in [0, 0.05) is 12.5 Å². The molecule has 5 nitrogen and oxygen atoms in total. The van der Waals surface area contributed by atoms with Crippen molar-refractivity contribution in [2.75, 3.05) is 5.32 Å². The number of nitrogens with zero attached hydrogens (tertiary/aromatic N) is 2. The van der Waals surface area contributed by atoms with Crippen molar-refractivity contribution in [1.29, 1.82) is 0 Å². The third-order valence-electron chi connectivity index (χ3n) is 2.92. The Hall–Kier alpha value is -2.35. The largest absolute Gasteiger partial charge is 0.416 e. The normalized spacial score (nSPS) is 11.3. The predicted molar refractivity (Wildman–Crippen MR) is 78.8 cm³/mol. The van der Waals surface area contributed by atoms with Gasteiger partial charge in [0.2, 0.25) is 5.91 Å². The van der Waals surface area contributed by atoms with E-state index in [9.17, 15) is 22.8 Å². The molecular weight excluding hydrogens is 335 g/mol. The van der Waals surface area contributed by atoms with Crippen molar-refractivity contribution in [1.82, 2.24) is 9.78 Å². The van der Waals surface area contributed by atoms with Crippen LogP contribution in [-0.2, 0) is 11.0 Å². The topological polar surface area (TPSA) is 64.0 Å². The van der Waals surface area contributed by atoms with E-state index in [0.29, 0.717) is 4.68 Å². The lowest BCUT2D eigenvalue weighted by Gasteiger charge is -2.15. The molecule has 2 rings (SSSR count). The van der Waals surface area contributed by atoms with Crippen molar-refractivity contribution < 1.29 is 18.0 Å². The highest BCUT2D eigenvalue weighted by atomic mass is 35.5. The second-order valence-corrected chi connectivity index (χ2v) is 4.92. The highest BCUT2D eigenvalue weighted by Gasteiger charge is 2.31. The number of hydrogen-bond donors (Lipinski definition) is 1. The molecule has 0 unspecified atom stereocenters. The first kappa shape index (κ1) is 17.0. The summed E-state index contributed by atoms with van der Waals surface area (Å²) in [5, 5.41) is 6.07. The van der Waals surface area contributed by atoms with Crippen LogP contribution in [0.4, 0.5) is 18.9 Å². The standard InChI is InChI=1S/C14H11ClF3N3O2/c1-2-12(22)19-9-4-3-8(14(16,17)18)7-10(9)21-13(23)6-5-11(15)20-21/h3-7H,2H2,1H3,(H,19,22). The van der Waals surface area contributed by atoms with Gasteiger partial charge in [-0.3, -0.25) is 9.59 Å². The number of carbonyl (C=O) groups is 1. The number of carbonyl (C=O) groups excluding carboxylic acids is 1. The van der Waals surface area contributed by atoms with Crippen LogP contribution in [0.5, 0.6) is 0 Å². The zero-order valence-electron chi connectivity index (χ0n) is 11.8. The van der Waals surface area contributed by atoms with Gasteiger partial charge in [0.1, 0.15) is 5.15 Å². The zero-order valence-corrected chi connectivity index (χ0v) is 12.6. The number of benzene rings is 1. The molecule has 1 aromatic carbocycles. The van der Waals surface area contributed by atoms with E-state index in [1.807, 2.05) is 0 Å². The van der Waals surface area contributed by atoms with Crippen molar-refractivity contribution >= 4 is 23.2 Å². The quantitative estimate of drug-likeness (QED) is 0.928. The number of aromatic nitrogens is 2. The first-order valence-corrected chi connectivity index (χ1v) is 6.87. The Kier molecular flexibility index (Phi) is 4.74. The average molecular weight is 346 g/mol. The summed E-state index contributed by atoms with van der Waals surface area (Å²) in [7, 11) is 0. The van der Waals surface area contributed by atoms with Crippen LogP contribution in [0, 0.1) is 0 Å². The summed E-state index contributed by atoms with van der Waals surface area (Å²) >= 11 is 5.70. The number of nitrogens with one attached hydrogen (secondary N) is 1. The van der Waals surface area contributed by atoms with Crippen molar-refractivity contribution in [3.8, 4) is 5.69 Å². The second kappa shape index (κ2) is 6.41. The Morgan fingerprint density at radius 1 is 1.30 bits per heavy atom. The zero-order chi connectivity index (χ0) is 17.2. The van der Waals surface area contributed by atoms with E-state index in [1.54, 1.807) is 6.92 Å². The highest BCUT2D eigenvalue weighted by Crippen LogP contribution is 2.32. The molecule has 0 aliphatic heterocycles. The van der Waals surface area contributed by atoms with Gasteiger partial charge in [0.25, 0.3) is 5.56 Å². The maximum absolute atomic E-state index is 12.9. The first-order chi connectivity index (χ1) is 10.7. The van der Waals surface area contributed by atoms with Crippen LogP contribution in [0.1, 0.15) is 18.9 Å². The Labute approximate surface area is 133 Å². The number of alkyl halides is 3. The summed E-state index contributed by atoms with van der Waals surface area (Å²) in [6.45, 7) is 1.59. The molecule has 0 aliphatic rings. The molecule has 1 heterocycles. The summed E-state index contributed by atoms with van der Waals surface area (Å²) in [6.07, 6.45) is -4.48. The Balaban J connectivity index is 2.67. The second-order valence-electron chi connectivity index (χ2n) is 4.54. The number of amides is 1. The van der Waals surface area contributed by atoms with Gasteiger partial charge in [-0.25, -0.2) is 0 Å². The van der Waals surface area contributed by atoms with Crippen LogP contribution in [0.25, 0.3) is 5.69 Å². The van der Waals surface area contributed by atoms with Gasteiger partial charge in [-0.1, -0.05) is 18.5 Å². The molecule has 9 heteroatoms. The first-order valence-electron chi connectivity index (χ1n) is 6.49. The van der Waals surface area contributed by atoms with E-state index in [4.69, 9.17) is 11.6 Å². The molecule has 0 bridgehead atoms. The molecule has 0 aliphatic carbocycles. The third-order valence-corrected chi connectivity index (χ3v) is 3.12. The summed E-state index contributed by atoms with van der Waals surface area (Å²) in [5.41, 5.74) is -1.84. The van der Waals surface area contributed by atoms with E-state index in [2.05, 4.69) is 10.4 Å². The van der Waals surface area contributed by atoms with E-state index < -0.39 is 23.2 Å². The van der Waals surface area contributed by atoms with Gasteiger partial charge in [-0.2, -0.15) is 23.0 Å². The van der Waals surface area contributed by atoms with Gasteiger partial charge >= 0.3 is 6.18 Å². The maximum atomic E-state index is 12.9. The number of anilines is 1. The minimum absolute atomic E-state index is 0.0294. The van der Waals surface area contributed by atoms with Gasteiger partial charge in [-0.15, -0.1) is 0 Å². The van der Waals surface area contributed by atoms with E-state index >= 15 is 0 Å². The smallest absolute Gasteiger partial charge is 0.324 e. The maximum Gasteiger partial charge on any atom is 0.416 e. The molecule has 0 spiro atoms. The van der Waals surface area contributed by atoms with Crippen LogP contribution in [0.3, 0.4) is 0 Å². The minimum atomic E-state index is -4.61. The molecule has 122 valence electrons. The van der Waals surface area contributed by atoms with E-state index in [0.717, 1.165) is 24.3 Å². The molecule has 0 saturated carbocycles. The molecule has 1 aromatic heterocycles. The van der Waals surface area contributed by atoms with Crippen molar-refractivity contribution in [2.24, 2.45) is 0 Å². The van der Waals surface area contributed by atoms with Crippen molar-refractivity contribution in [2.45, 2.75) is 19.5 Å². The van der Waals surface area contributed by atoms with Crippen LogP contribution < -0.4 is 10.9 Å². The SMILES string of the molecule is CCC(=O)Nc1ccc(C(F)(F)F)cc1-n1nc(Cl)ccc1=O. The third kappa shape index (κ3) is 3.89. The van der Waals surface area contributed by atoms with Gasteiger partial charge < -0.3 is 5.32 Å². The number of halogens is 4. The van der Waals surface area contributed by atoms with Crippen LogP contribution in [-0.4, -0.2) is 15.7 Å². The van der Waals surface area contributed by atoms with Crippen LogP contribution in [0.2, 0.25) is 5.15 Å². The Morgan fingerprint density at radius 3 is 2.61 bits per heavy atom. The lowest BCUT2D eigenvalue weighted by Crippen LogP contribution is -2.23. The Bertz CT molecular complexity index is 803. The van der Waals surface area contributed by atoms with Crippen molar-refractivity contribution in [3.63, 3.8) is 0 Å². The Morgan fingerprint density at radius 2 is 2.00 bits per heavy atom. The average Bonchev–Trinajstić information content (AvgIpc) is 2.49.